The normalized spacial score (nSPS) is 27.2. The molecule has 0 amide bonds. The van der Waals surface area contributed by atoms with E-state index in [-0.39, 0.29) is 5.71 Å². The molecule has 72 valence electrons. The summed E-state index contributed by atoms with van der Waals surface area (Å²) < 4.78 is 0. The molecule has 1 rings (SSSR count). The highest BCUT2D eigenvalue weighted by molar-refractivity contribution is 8.04. The lowest BCUT2D eigenvalue weighted by atomic mass is 10.3. The van der Waals surface area contributed by atoms with Gasteiger partial charge in [0.15, 0.2) is 10.7 Å². The van der Waals surface area contributed by atoms with E-state index >= 15 is 0 Å². The summed E-state index contributed by atoms with van der Waals surface area (Å²) >= 11 is 6.47. The largest absolute Gasteiger partial charge is 0.399 e. The fraction of sp³-hybridized carbons (Fsp3) is 0.333. The minimum atomic E-state index is -1.12. The highest BCUT2D eigenvalue weighted by Gasteiger charge is 2.37. The molecule has 1 atom stereocenters. The van der Waals surface area contributed by atoms with E-state index in [0.717, 1.165) is 0 Å². The van der Waals surface area contributed by atoms with Crippen molar-refractivity contribution in [3.8, 4) is 0 Å². The van der Waals surface area contributed by atoms with Gasteiger partial charge in [-0.2, -0.15) is 0 Å². The fourth-order valence-electron chi connectivity index (χ4n) is 0.798. The van der Waals surface area contributed by atoms with Gasteiger partial charge in [-0.1, -0.05) is 16.9 Å². The highest BCUT2D eigenvalue weighted by atomic mass is 35.5. The fourth-order valence-corrected chi connectivity index (χ4v) is 1.77. The first kappa shape index (κ1) is 10.4. The van der Waals surface area contributed by atoms with E-state index in [4.69, 9.17) is 17.3 Å². The molecule has 0 saturated carbocycles. The van der Waals surface area contributed by atoms with E-state index in [1.54, 1.807) is 11.6 Å². The average molecular weight is 222 g/mol. The minimum Gasteiger partial charge on any atom is -0.399 e. The van der Waals surface area contributed by atoms with Crippen molar-refractivity contribution in [1.29, 1.82) is 0 Å². The molecule has 3 N–H and O–H groups in total. The lowest BCUT2D eigenvalue weighted by Gasteiger charge is -2.22. The molecule has 1 aliphatic heterocycles. The molecule has 0 aromatic rings. The van der Waals surface area contributed by atoms with Gasteiger partial charge in [0.1, 0.15) is 7.11 Å². The van der Waals surface area contributed by atoms with Gasteiger partial charge < -0.3 is 10.2 Å². The molecule has 13 heavy (non-hydrogen) atoms. The van der Waals surface area contributed by atoms with Crippen LogP contribution in [0.3, 0.4) is 0 Å². The average Bonchev–Trinajstić information content (AvgIpc) is 2.48. The Kier molecular flexibility index (Phi) is 3.18. The molecule has 1 heterocycles. The number of oxime groups is 1. The highest BCUT2D eigenvalue weighted by Crippen LogP contribution is 2.25. The lowest BCUT2D eigenvalue weighted by molar-refractivity contribution is -0.106. The van der Waals surface area contributed by atoms with E-state index in [9.17, 15) is 4.79 Å². The molecular formula is C6H8ClN3O2S. The maximum absolute atomic E-state index is 10.9. The number of rotatable bonds is 3. The van der Waals surface area contributed by atoms with Crippen LogP contribution in [0.25, 0.3) is 0 Å². The number of nitrogens with two attached hydrogens (primary N) is 1. The van der Waals surface area contributed by atoms with Crippen molar-refractivity contribution in [1.82, 2.24) is 5.32 Å². The molecule has 5 nitrogen and oxygen atoms in total. The molecule has 0 radical (unpaired) electrons. The Morgan fingerprint density at radius 1 is 1.85 bits per heavy atom. The van der Waals surface area contributed by atoms with E-state index in [0.29, 0.717) is 0 Å². The number of hydrogen-bond donors (Lipinski definition) is 2. The third kappa shape index (κ3) is 2.15. The summed E-state index contributed by atoms with van der Waals surface area (Å²) in [5.41, 5.74) is 5.70. The van der Waals surface area contributed by atoms with Gasteiger partial charge in [-0.15, -0.1) is 0 Å². The third-order valence-electron chi connectivity index (χ3n) is 1.34. The summed E-state index contributed by atoms with van der Waals surface area (Å²) in [5.74, 6) is 0. The zero-order valence-corrected chi connectivity index (χ0v) is 8.35. The smallest absolute Gasteiger partial charge is 0.274 e. The van der Waals surface area contributed by atoms with E-state index in [1.807, 2.05) is 0 Å². The first-order valence-electron chi connectivity index (χ1n) is 3.31. The molecule has 0 spiro atoms. The Labute approximate surface area is 84.3 Å². The molecule has 0 aromatic carbocycles. The van der Waals surface area contributed by atoms with Crippen molar-refractivity contribution < 1.29 is 9.63 Å². The number of carbonyl (C=O) groups is 1. The monoisotopic (exact) mass is 221 g/mol. The van der Waals surface area contributed by atoms with Crippen molar-refractivity contribution in [2.45, 2.75) is 4.99 Å². The molecule has 7 heteroatoms. The van der Waals surface area contributed by atoms with Gasteiger partial charge >= 0.3 is 0 Å². The van der Waals surface area contributed by atoms with Crippen LogP contribution in [0.15, 0.2) is 16.8 Å². The Balaban J connectivity index is 2.88. The lowest BCUT2D eigenvalue weighted by Crippen LogP contribution is -2.54. The zero-order valence-electron chi connectivity index (χ0n) is 6.78. The molecule has 1 unspecified atom stereocenters. The van der Waals surface area contributed by atoms with Crippen LogP contribution in [0.1, 0.15) is 0 Å². The number of nitrogens with one attached hydrogen (secondary N) is 1. The summed E-state index contributed by atoms with van der Waals surface area (Å²) in [5, 5.41) is 7.16. The first-order chi connectivity index (χ1) is 6.10. The van der Waals surface area contributed by atoms with E-state index in [2.05, 4.69) is 15.3 Å². The van der Waals surface area contributed by atoms with Gasteiger partial charge in [0.2, 0.25) is 0 Å². The van der Waals surface area contributed by atoms with Crippen molar-refractivity contribution in [2.24, 2.45) is 10.9 Å². The Morgan fingerprint density at radius 2 is 2.54 bits per heavy atom. The van der Waals surface area contributed by atoms with Crippen LogP contribution in [0.5, 0.6) is 0 Å². The summed E-state index contributed by atoms with van der Waals surface area (Å²) in [4.78, 5) is 14.3. The van der Waals surface area contributed by atoms with Crippen molar-refractivity contribution in [3.63, 3.8) is 0 Å². The van der Waals surface area contributed by atoms with Crippen molar-refractivity contribution >= 4 is 34.3 Å². The number of hydrogen-bond acceptors (Lipinski definition) is 6. The predicted octanol–water partition coefficient (Wildman–Crippen LogP) is 0.174. The van der Waals surface area contributed by atoms with Crippen LogP contribution in [0.2, 0.25) is 0 Å². The topological polar surface area (TPSA) is 76.7 Å². The Morgan fingerprint density at radius 3 is 2.92 bits per heavy atom. The van der Waals surface area contributed by atoms with Crippen LogP contribution < -0.4 is 11.1 Å². The van der Waals surface area contributed by atoms with Crippen LogP contribution in [0, 0.1) is 0 Å². The number of halogens is 1. The van der Waals surface area contributed by atoms with E-state index < -0.39 is 10.2 Å². The molecule has 0 aliphatic carbocycles. The maximum Gasteiger partial charge on any atom is 0.274 e. The summed E-state index contributed by atoms with van der Waals surface area (Å²) in [6, 6.07) is 0. The van der Waals surface area contributed by atoms with Crippen LogP contribution in [-0.2, 0) is 9.63 Å². The quantitative estimate of drug-likeness (QED) is 0.404. The second kappa shape index (κ2) is 3.99. The number of carbonyl (C=O) groups excluding carboxylic acids is 1. The van der Waals surface area contributed by atoms with Gasteiger partial charge in [0.05, 0.1) is 0 Å². The SMILES string of the molecule is CON=C(C(=O)Cl)C1(N)NC=CS1. The van der Waals surface area contributed by atoms with Gasteiger partial charge in [-0.3, -0.25) is 10.5 Å². The van der Waals surface area contributed by atoms with Gasteiger partial charge in [0.25, 0.3) is 5.24 Å². The molecular weight excluding hydrogens is 214 g/mol. The predicted molar refractivity (Wildman–Crippen MR) is 52.1 cm³/mol. The van der Waals surface area contributed by atoms with Crippen molar-refractivity contribution in [2.75, 3.05) is 7.11 Å². The molecule has 1 aliphatic rings. The van der Waals surface area contributed by atoms with Crippen LogP contribution in [0.4, 0.5) is 0 Å². The first-order valence-corrected chi connectivity index (χ1v) is 4.57. The zero-order chi connectivity index (χ0) is 9.90. The van der Waals surface area contributed by atoms with Gasteiger partial charge in [-0.25, -0.2) is 0 Å². The van der Waals surface area contributed by atoms with Crippen LogP contribution >= 0.6 is 23.4 Å². The second-order valence-corrected chi connectivity index (χ2v) is 3.69. The molecule has 0 saturated heterocycles. The summed E-state index contributed by atoms with van der Waals surface area (Å²) in [6.07, 6.45) is 1.61. The Hall–Kier alpha value is -0.720. The minimum absolute atomic E-state index is 0.0633. The Bertz CT molecular complexity index is 271. The van der Waals surface area contributed by atoms with Gasteiger partial charge in [-0.05, 0) is 17.0 Å². The van der Waals surface area contributed by atoms with Crippen LogP contribution in [-0.4, -0.2) is 23.1 Å². The van der Waals surface area contributed by atoms with Gasteiger partial charge in [0, 0.05) is 6.20 Å². The summed E-state index contributed by atoms with van der Waals surface area (Å²) in [6.45, 7) is 0. The molecule has 0 fully saturated rings. The van der Waals surface area contributed by atoms with Crippen molar-refractivity contribution in [3.05, 3.63) is 11.6 Å². The number of thioether (sulfide) groups is 1. The third-order valence-corrected chi connectivity index (χ3v) is 2.47. The molecule has 0 bridgehead atoms. The second-order valence-electron chi connectivity index (χ2n) is 2.20. The van der Waals surface area contributed by atoms with E-state index in [1.165, 1.54) is 18.9 Å². The summed E-state index contributed by atoms with van der Waals surface area (Å²) in [7, 11) is 1.32. The standard InChI is InChI=1S/C6H8ClN3O2S/c1-12-10-4(5(7)11)6(8)9-2-3-13-6/h2-3,9H,8H2,1H3. The number of nitrogens with zero attached hydrogens (tertiary/aromatic N) is 1. The molecule has 0 aromatic heterocycles. The maximum atomic E-state index is 10.9.